The Kier molecular flexibility index (Phi) is 3.27. The van der Waals surface area contributed by atoms with Crippen molar-refractivity contribution in [2.24, 2.45) is 5.73 Å². The molecule has 1 aromatic rings. The first-order valence-electron chi connectivity index (χ1n) is 3.84. The maximum atomic E-state index is 12.9. The van der Waals surface area contributed by atoms with E-state index in [1.165, 1.54) is 0 Å². The second-order valence-electron chi connectivity index (χ2n) is 2.61. The average molecular weight is 188 g/mol. The molecule has 3 N–H and O–H groups in total. The Morgan fingerprint density at radius 2 is 1.92 bits per heavy atom. The lowest BCUT2D eigenvalue weighted by Crippen LogP contribution is -2.10. The third kappa shape index (κ3) is 2.19. The molecule has 3 nitrogen and oxygen atoms in total. The molecule has 0 aromatic carbocycles. The summed E-state index contributed by atoms with van der Waals surface area (Å²) < 4.78 is 25.8. The van der Waals surface area contributed by atoms with Gasteiger partial charge < -0.3 is 10.8 Å². The number of aromatic nitrogens is 1. The van der Waals surface area contributed by atoms with E-state index in [0.29, 0.717) is 0 Å². The molecule has 0 aliphatic heterocycles. The van der Waals surface area contributed by atoms with Gasteiger partial charge in [0.05, 0.1) is 24.1 Å². The van der Waals surface area contributed by atoms with Gasteiger partial charge in [-0.1, -0.05) is 0 Å². The standard InChI is InChI=1S/C8H10F2N2O/c9-5-3-12-4-6(10)8(5)7(13)1-2-11/h3-4,7,13H,1-2,11H2/t7-/m0/s1. The molecule has 0 saturated heterocycles. The van der Waals surface area contributed by atoms with Crippen molar-refractivity contribution in [3.63, 3.8) is 0 Å². The zero-order valence-electron chi connectivity index (χ0n) is 6.87. The summed E-state index contributed by atoms with van der Waals surface area (Å²) in [6.45, 7) is 0.169. The van der Waals surface area contributed by atoms with E-state index in [0.717, 1.165) is 12.4 Å². The van der Waals surface area contributed by atoms with E-state index in [1.54, 1.807) is 0 Å². The van der Waals surface area contributed by atoms with Crippen LogP contribution in [0.4, 0.5) is 8.78 Å². The summed E-state index contributed by atoms with van der Waals surface area (Å²) in [6, 6.07) is 0. The lowest BCUT2D eigenvalue weighted by molar-refractivity contribution is 0.160. The summed E-state index contributed by atoms with van der Waals surface area (Å²) in [6.07, 6.45) is 0.640. The van der Waals surface area contributed by atoms with Crippen LogP contribution in [-0.4, -0.2) is 16.6 Å². The molecule has 0 spiro atoms. The van der Waals surface area contributed by atoms with Gasteiger partial charge in [-0.05, 0) is 13.0 Å². The van der Waals surface area contributed by atoms with Crippen LogP contribution >= 0.6 is 0 Å². The second-order valence-corrected chi connectivity index (χ2v) is 2.61. The Hall–Kier alpha value is -1.07. The first-order chi connectivity index (χ1) is 6.16. The summed E-state index contributed by atoms with van der Waals surface area (Å²) in [5.74, 6) is -1.69. The highest BCUT2D eigenvalue weighted by molar-refractivity contribution is 5.17. The summed E-state index contributed by atoms with van der Waals surface area (Å²) in [4.78, 5) is 3.29. The third-order valence-electron chi connectivity index (χ3n) is 1.66. The number of nitrogens with two attached hydrogens (primary N) is 1. The smallest absolute Gasteiger partial charge is 0.150 e. The molecule has 0 aliphatic rings. The van der Waals surface area contributed by atoms with Crippen molar-refractivity contribution >= 4 is 0 Å². The molecule has 1 aromatic heterocycles. The van der Waals surface area contributed by atoms with Crippen molar-refractivity contribution in [1.29, 1.82) is 0 Å². The normalized spacial score (nSPS) is 12.9. The van der Waals surface area contributed by atoms with Crippen molar-refractivity contribution in [3.8, 4) is 0 Å². The minimum absolute atomic E-state index is 0.123. The van der Waals surface area contributed by atoms with Crippen molar-refractivity contribution < 1.29 is 13.9 Å². The van der Waals surface area contributed by atoms with Crippen LogP contribution in [0.1, 0.15) is 18.1 Å². The van der Waals surface area contributed by atoms with Gasteiger partial charge >= 0.3 is 0 Å². The van der Waals surface area contributed by atoms with Crippen LogP contribution in [-0.2, 0) is 0 Å². The third-order valence-corrected chi connectivity index (χ3v) is 1.66. The number of hydrogen-bond acceptors (Lipinski definition) is 3. The number of nitrogens with zero attached hydrogens (tertiary/aromatic N) is 1. The topological polar surface area (TPSA) is 59.1 Å². The number of rotatable bonds is 3. The Bertz CT molecular complexity index is 273. The van der Waals surface area contributed by atoms with Gasteiger partial charge in [-0.15, -0.1) is 0 Å². The van der Waals surface area contributed by atoms with Gasteiger partial charge in [0.2, 0.25) is 0 Å². The molecule has 13 heavy (non-hydrogen) atoms. The van der Waals surface area contributed by atoms with Gasteiger partial charge in [0.15, 0.2) is 0 Å². The van der Waals surface area contributed by atoms with Gasteiger partial charge in [-0.2, -0.15) is 0 Å². The maximum absolute atomic E-state index is 12.9. The Labute approximate surface area is 74.2 Å². The fourth-order valence-corrected chi connectivity index (χ4v) is 1.04. The zero-order valence-corrected chi connectivity index (χ0v) is 6.87. The lowest BCUT2D eigenvalue weighted by Gasteiger charge is -2.10. The quantitative estimate of drug-likeness (QED) is 0.735. The van der Waals surface area contributed by atoms with Crippen LogP contribution < -0.4 is 5.73 Å². The van der Waals surface area contributed by atoms with E-state index in [-0.39, 0.29) is 18.5 Å². The van der Waals surface area contributed by atoms with E-state index in [2.05, 4.69) is 4.98 Å². The Morgan fingerprint density at radius 3 is 2.38 bits per heavy atom. The fraction of sp³-hybridized carbons (Fsp3) is 0.375. The van der Waals surface area contributed by atoms with Crippen molar-refractivity contribution in [2.45, 2.75) is 12.5 Å². The molecule has 0 fully saturated rings. The van der Waals surface area contributed by atoms with Gasteiger partial charge in [-0.25, -0.2) is 8.78 Å². The zero-order chi connectivity index (χ0) is 9.84. The van der Waals surface area contributed by atoms with Crippen LogP contribution in [0.3, 0.4) is 0 Å². The van der Waals surface area contributed by atoms with E-state index in [4.69, 9.17) is 5.73 Å². The van der Waals surface area contributed by atoms with Crippen LogP contribution in [0.5, 0.6) is 0 Å². The minimum Gasteiger partial charge on any atom is -0.388 e. The summed E-state index contributed by atoms with van der Waals surface area (Å²) in [5.41, 5.74) is 4.79. The van der Waals surface area contributed by atoms with Gasteiger partial charge in [0, 0.05) is 0 Å². The highest BCUT2D eigenvalue weighted by Crippen LogP contribution is 2.21. The molecule has 72 valence electrons. The first-order valence-corrected chi connectivity index (χ1v) is 3.84. The summed E-state index contributed by atoms with van der Waals surface area (Å²) in [5, 5.41) is 9.29. The van der Waals surface area contributed by atoms with Crippen molar-refractivity contribution in [3.05, 3.63) is 29.6 Å². The highest BCUT2D eigenvalue weighted by atomic mass is 19.1. The molecule has 0 saturated carbocycles. The van der Waals surface area contributed by atoms with E-state index >= 15 is 0 Å². The SMILES string of the molecule is NCC[C@H](O)c1c(F)cncc1F. The highest BCUT2D eigenvalue weighted by Gasteiger charge is 2.17. The predicted molar refractivity (Wildman–Crippen MR) is 42.8 cm³/mol. The largest absolute Gasteiger partial charge is 0.388 e. The molecule has 0 bridgehead atoms. The van der Waals surface area contributed by atoms with Gasteiger partial charge in [0.1, 0.15) is 11.6 Å². The maximum Gasteiger partial charge on any atom is 0.150 e. The predicted octanol–water partition coefficient (Wildman–Crippen LogP) is 0.742. The number of aliphatic hydroxyl groups is 1. The number of pyridine rings is 1. The lowest BCUT2D eigenvalue weighted by atomic mass is 10.1. The number of halogens is 2. The average Bonchev–Trinajstić information content (AvgIpc) is 2.04. The molecule has 1 rings (SSSR count). The first kappa shape index (κ1) is 10.0. The molecule has 1 atom stereocenters. The molecule has 0 radical (unpaired) electrons. The van der Waals surface area contributed by atoms with Crippen LogP contribution in [0, 0.1) is 11.6 Å². The second kappa shape index (κ2) is 4.25. The van der Waals surface area contributed by atoms with Crippen LogP contribution in [0.25, 0.3) is 0 Å². The van der Waals surface area contributed by atoms with Gasteiger partial charge in [0.25, 0.3) is 0 Å². The molecular weight excluding hydrogens is 178 g/mol. The Balaban J connectivity index is 2.98. The summed E-state index contributed by atoms with van der Waals surface area (Å²) in [7, 11) is 0. The number of aliphatic hydroxyl groups excluding tert-OH is 1. The molecular formula is C8H10F2N2O. The van der Waals surface area contributed by atoms with Gasteiger partial charge in [-0.3, -0.25) is 4.98 Å². The molecule has 0 unspecified atom stereocenters. The van der Waals surface area contributed by atoms with Crippen LogP contribution in [0.15, 0.2) is 12.4 Å². The molecule has 5 heteroatoms. The van der Waals surface area contributed by atoms with Crippen molar-refractivity contribution in [2.75, 3.05) is 6.54 Å². The number of hydrogen-bond donors (Lipinski definition) is 2. The molecule has 0 aliphatic carbocycles. The monoisotopic (exact) mass is 188 g/mol. The van der Waals surface area contributed by atoms with E-state index < -0.39 is 17.7 Å². The Morgan fingerprint density at radius 1 is 1.38 bits per heavy atom. The molecule has 1 heterocycles. The summed E-state index contributed by atoms with van der Waals surface area (Å²) >= 11 is 0. The van der Waals surface area contributed by atoms with E-state index in [9.17, 15) is 13.9 Å². The fourth-order valence-electron chi connectivity index (χ4n) is 1.04. The molecule has 0 amide bonds. The van der Waals surface area contributed by atoms with E-state index in [1.807, 2.05) is 0 Å². The van der Waals surface area contributed by atoms with Crippen molar-refractivity contribution in [1.82, 2.24) is 4.98 Å². The minimum atomic E-state index is -1.20. The van der Waals surface area contributed by atoms with Crippen LogP contribution in [0.2, 0.25) is 0 Å².